The van der Waals surface area contributed by atoms with E-state index in [1.165, 1.54) is 31.4 Å². The van der Waals surface area contributed by atoms with Crippen molar-refractivity contribution in [1.29, 1.82) is 0 Å². The number of pyridine rings is 1. The maximum Gasteiger partial charge on any atom is 0.302 e. The van der Waals surface area contributed by atoms with E-state index in [-0.39, 0.29) is 27.3 Å². The van der Waals surface area contributed by atoms with Gasteiger partial charge in [-0.1, -0.05) is 11.6 Å². The van der Waals surface area contributed by atoms with E-state index < -0.39 is 10.7 Å². The zero-order chi connectivity index (χ0) is 14.9. The minimum Gasteiger partial charge on any atom is -0.481 e. The second kappa shape index (κ2) is 5.72. The standard InChI is InChI=1S/C12H7BrClFN2O3/c1-20-12-8(5-10(17(18)19)11(13)16-12)7-4-6(14)2-3-9(7)15/h2-5H,1H3. The van der Waals surface area contributed by atoms with Crippen LogP contribution in [0.25, 0.3) is 11.1 Å². The highest BCUT2D eigenvalue weighted by molar-refractivity contribution is 9.10. The molecule has 104 valence electrons. The summed E-state index contributed by atoms with van der Waals surface area (Å²) in [6, 6.07) is 5.09. The number of hydrogen-bond donors (Lipinski definition) is 0. The number of nitrogens with zero attached hydrogens (tertiary/aromatic N) is 2. The molecule has 1 aromatic carbocycles. The van der Waals surface area contributed by atoms with Crippen molar-refractivity contribution in [2.45, 2.75) is 0 Å². The van der Waals surface area contributed by atoms with E-state index in [4.69, 9.17) is 16.3 Å². The van der Waals surface area contributed by atoms with Crippen LogP contribution in [0.15, 0.2) is 28.9 Å². The first-order chi connectivity index (χ1) is 9.43. The molecule has 1 aromatic heterocycles. The lowest BCUT2D eigenvalue weighted by atomic mass is 10.1. The van der Waals surface area contributed by atoms with Gasteiger partial charge in [0.05, 0.1) is 17.6 Å². The van der Waals surface area contributed by atoms with E-state index in [1.54, 1.807) is 0 Å². The van der Waals surface area contributed by atoms with Crippen LogP contribution in [0.1, 0.15) is 0 Å². The molecule has 0 saturated carbocycles. The summed E-state index contributed by atoms with van der Waals surface area (Å²) in [7, 11) is 1.34. The molecule has 2 rings (SSSR count). The van der Waals surface area contributed by atoms with Crippen molar-refractivity contribution in [3.8, 4) is 17.0 Å². The van der Waals surface area contributed by atoms with Crippen LogP contribution >= 0.6 is 27.5 Å². The monoisotopic (exact) mass is 360 g/mol. The highest BCUT2D eigenvalue weighted by Crippen LogP contribution is 2.37. The predicted octanol–water partition coefficient (Wildman–Crippen LogP) is 4.22. The maximum absolute atomic E-state index is 13.9. The SMILES string of the molecule is COc1nc(Br)c([N+](=O)[O-])cc1-c1cc(Cl)ccc1F. The molecule has 5 nitrogen and oxygen atoms in total. The van der Waals surface area contributed by atoms with Gasteiger partial charge in [0.1, 0.15) is 5.82 Å². The minimum absolute atomic E-state index is 0.00513. The van der Waals surface area contributed by atoms with Crippen LogP contribution in [0.4, 0.5) is 10.1 Å². The first-order valence-corrected chi connectivity index (χ1v) is 6.45. The van der Waals surface area contributed by atoms with E-state index in [0.29, 0.717) is 5.02 Å². The van der Waals surface area contributed by atoms with Crippen molar-refractivity contribution in [3.63, 3.8) is 0 Å². The number of benzene rings is 1. The summed E-state index contributed by atoms with van der Waals surface area (Å²) in [6.45, 7) is 0. The molecule has 8 heteroatoms. The fourth-order valence-electron chi connectivity index (χ4n) is 1.65. The van der Waals surface area contributed by atoms with Crippen LogP contribution in [-0.4, -0.2) is 17.0 Å². The van der Waals surface area contributed by atoms with Gasteiger partial charge < -0.3 is 4.74 Å². The van der Waals surface area contributed by atoms with Crippen molar-refractivity contribution < 1.29 is 14.1 Å². The fourth-order valence-corrected chi connectivity index (χ4v) is 2.24. The van der Waals surface area contributed by atoms with Gasteiger partial charge in [0, 0.05) is 16.7 Å². The van der Waals surface area contributed by atoms with E-state index >= 15 is 0 Å². The molecule has 0 bridgehead atoms. The van der Waals surface area contributed by atoms with E-state index in [9.17, 15) is 14.5 Å². The number of halogens is 3. The van der Waals surface area contributed by atoms with Gasteiger partial charge in [-0.05, 0) is 34.1 Å². The molecular formula is C12H7BrClFN2O3. The summed E-state index contributed by atoms with van der Waals surface area (Å²) < 4.78 is 18.9. The lowest BCUT2D eigenvalue weighted by Gasteiger charge is -2.09. The Bertz CT molecular complexity index is 697. The number of hydrogen-bond acceptors (Lipinski definition) is 4. The Kier molecular flexibility index (Phi) is 4.20. The van der Waals surface area contributed by atoms with Crippen LogP contribution in [0, 0.1) is 15.9 Å². The molecule has 0 amide bonds. The largest absolute Gasteiger partial charge is 0.481 e. The van der Waals surface area contributed by atoms with Crippen molar-refractivity contribution in [2.75, 3.05) is 7.11 Å². The lowest BCUT2D eigenvalue weighted by Crippen LogP contribution is -1.98. The third kappa shape index (κ3) is 2.73. The Morgan fingerprint density at radius 2 is 2.10 bits per heavy atom. The van der Waals surface area contributed by atoms with Crippen LogP contribution in [0.5, 0.6) is 5.88 Å². The average Bonchev–Trinajstić information content (AvgIpc) is 2.41. The smallest absolute Gasteiger partial charge is 0.302 e. The van der Waals surface area contributed by atoms with Gasteiger partial charge in [-0.2, -0.15) is 4.98 Å². The van der Waals surface area contributed by atoms with Gasteiger partial charge in [0.25, 0.3) is 0 Å². The number of rotatable bonds is 3. The van der Waals surface area contributed by atoms with E-state index in [0.717, 1.165) is 0 Å². The first-order valence-electron chi connectivity index (χ1n) is 5.28. The Morgan fingerprint density at radius 1 is 1.40 bits per heavy atom. The summed E-state index contributed by atoms with van der Waals surface area (Å²) in [5, 5.41) is 11.2. The molecule has 0 N–H and O–H groups in total. The zero-order valence-corrected chi connectivity index (χ0v) is 12.4. The Balaban J connectivity index is 2.74. The molecule has 20 heavy (non-hydrogen) atoms. The fraction of sp³-hybridized carbons (Fsp3) is 0.0833. The van der Waals surface area contributed by atoms with Gasteiger partial charge in [-0.15, -0.1) is 0 Å². The molecule has 0 saturated heterocycles. The van der Waals surface area contributed by atoms with Gasteiger partial charge >= 0.3 is 5.69 Å². The van der Waals surface area contributed by atoms with Crippen LogP contribution in [-0.2, 0) is 0 Å². The topological polar surface area (TPSA) is 65.3 Å². The Hall–Kier alpha value is -1.73. The first kappa shape index (κ1) is 14.7. The molecule has 0 aliphatic heterocycles. The summed E-state index contributed by atoms with van der Waals surface area (Å²) in [4.78, 5) is 14.2. The molecule has 0 atom stereocenters. The average molecular weight is 362 g/mol. The quantitative estimate of drug-likeness (QED) is 0.466. The molecule has 0 aliphatic rings. The molecule has 1 heterocycles. The summed E-state index contributed by atoms with van der Waals surface area (Å²) in [6.07, 6.45) is 0. The third-order valence-electron chi connectivity index (χ3n) is 2.53. The highest BCUT2D eigenvalue weighted by Gasteiger charge is 2.21. The molecule has 0 spiro atoms. The van der Waals surface area contributed by atoms with Crippen molar-refractivity contribution in [1.82, 2.24) is 4.98 Å². The number of aromatic nitrogens is 1. The third-order valence-corrected chi connectivity index (χ3v) is 3.35. The molecule has 0 aliphatic carbocycles. The van der Waals surface area contributed by atoms with Crippen LogP contribution < -0.4 is 4.74 Å². The summed E-state index contributed by atoms with van der Waals surface area (Å²) >= 11 is 8.80. The number of ether oxygens (including phenoxy) is 1. The molecular weight excluding hydrogens is 354 g/mol. The minimum atomic E-state index is -0.623. The van der Waals surface area contributed by atoms with Gasteiger partial charge in [0.2, 0.25) is 5.88 Å². The van der Waals surface area contributed by atoms with Gasteiger partial charge in [-0.3, -0.25) is 10.1 Å². The van der Waals surface area contributed by atoms with Crippen LogP contribution in [0.2, 0.25) is 5.02 Å². The second-order valence-corrected chi connectivity index (χ2v) is 4.92. The normalized spacial score (nSPS) is 10.4. The molecule has 0 unspecified atom stereocenters. The molecule has 2 aromatic rings. The molecule has 0 fully saturated rings. The summed E-state index contributed by atoms with van der Waals surface area (Å²) in [5.74, 6) is -0.519. The maximum atomic E-state index is 13.9. The van der Waals surface area contributed by atoms with Gasteiger partial charge in [-0.25, -0.2) is 4.39 Å². The van der Waals surface area contributed by atoms with Crippen LogP contribution in [0.3, 0.4) is 0 Å². The Labute approximate surface area is 126 Å². The lowest BCUT2D eigenvalue weighted by molar-refractivity contribution is -0.386. The Morgan fingerprint density at radius 3 is 2.70 bits per heavy atom. The number of nitro groups is 1. The van der Waals surface area contributed by atoms with E-state index in [2.05, 4.69) is 20.9 Å². The highest BCUT2D eigenvalue weighted by atomic mass is 79.9. The van der Waals surface area contributed by atoms with Crippen molar-refractivity contribution in [2.24, 2.45) is 0 Å². The van der Waals surface area contributed by atoms with E-state index in [1.807, 2.05) is 0 Å². The molecule has 0 radical (unpaired) electrons. The van der Waals surface area contributed by atoms with Crippen molar-refractivity contribution in [3.05, 3.63) is 49.8 Å². The van der Waals surface area contributed by atoms with Gasteiger partial charge in [0.15, 0.2) is 4.60 Å². The van der Waals surface area contributed by atoms with Crippen molar-refractivity contribution >= 4 is 33.2 Å². The summed E-state index contributed by atoms with van der Waals surface area (Å²) in [5.41, 5.74) is -0.0555. The zero-order valence-electron chi connectivity index (χ0n) is 10.1. The second-order valence-electron chi connectivity index (χ2n) is 3.74. The number of methoxy groups -OCH3 is 1. The predicted molar refractivity (Wildman–Crippen MR) is 75.5 cm³/mol.